The molecule has 0 saturated carbocycles. The number of rotatable bonds is 5. The lowest BCUT2D eigenvalue weighted by molar-refractivity contribution is 0.542. The Kier molecular flexibility index (Phi) is 6.72. The predicted octanol–water partition coefficient (Wildman–Crippen LogP) is 3.40. The Bertz CT molecular complexity index is 52.5. The molecule has 0 aromatic heterocycles. The van der Waals surface area contributed by atoms with E-state index in [9.17, 15) is 0 Å². The summed E-state index contributed by atoms with van der Waals surface area (Å²) in [6.45, 7) is 4.47. The van der Waals surface area contributed by atoms with Gasteiger partial charge in [0.25, 0.3) is 0 Å². The number of unbranched alkanes of at least 4 members (excludes halogenated alkanes) is 2. The maximum atomic E-state index is 4.92. The van der Waals surface area contributed by atoms with Crippen molar-refractivity contribution >= 4 is 12.6 Å². The molecule has 0 N–H and O–H groups in total. The predicted molar refractivity (Wildman–Crippen MR) is 45.8 cm³/mol. The molecule has 1 atom stereocenters. The summed E-state index contributed by atoms with van der Waals surface area (Å²) in [7, 11) is 0. The lowest BCUT2D eigenvalue weighted by atomic mass is 10.1. The minimum atomic E-state index is 0.770. The van der Waals surface area contributed by atoms with E-state index in [4.69, 9.17) is 12.6 Å². The van der Waals surface area contributed by atoms with Crippen molar-refractivity contribution in [1.29, 1.82) is 0 Å². The molecule has 0 heterocycles. The topological polar surface area (TPSA) is 0 Å². The Morgan fingerprint density at radius 1 is 1.33 bits per heavy atom. The van der Waals surface area contributed by atoms with Crippen LogP contribution in [0.1, 0.15) is 39.5 Å². The van der Waals surface area contributed by atoms with E-state index < -0.39 is 0 Å². The average Bonchev–Trinajstić information content (AvgIpc) is 1.89. The van der Waals surface area contributed by atoms with E-state index in [0.29, 0.717) is 0 Å². The molecule has 55 valence electrons. The van der Waals surface area contributed by atoms with E-state index in [1.165, 1.54) is 25.7 Å². The number of hydrogen-bond acceptors (Lipinski definition) is 0. The third-order valence-corrected chi connectivity index (χ3v) is 2.15. The summed E-state index contributed by atoms with van der Waals surface area (Å²) >= 11 is 4.92. The SMILES string of the molecule is CCCCCC(C)C[S]. The summed E-state index contributed by atoms with van der Waals surface area (Å²) in [5.74, 6) is 1.70. The van der Waals surface area contributed by atoms with Gasteiger partial charge >= 0.3 is 0 Å². The minimum Gasteiger partial charge on any atom is -0.0939 e. The lowest BCUT2D eigenvalue weighted by Crippen LogP contribution is -1.94. The second kappa shape index (κ2) is 6.47. The standard InChI is InChI=1S/C8H17S/c1-3-4-5-6-8(2)7-9/h8H,3-7H2,1-2H3. The quantitative estimate of drug-likeness (QED) is 0.520. The Morgan fingerprint density at radius 3 is 2.44 bits per heavy atom. The van der Waals surface area contributed by atoms with Crippen molar-refractivity contribution in [3.05, 3.63) is 0 Å². The van der Waals surface area contributed by atoms with Crippen molar-refractivity contribution in [2.45, 2.75) is 39.5 Å². The zero-order valence-corrected chi connectivity index (χ0v) is 7.34. The van der Waals surface area contributed by atoms with E-state index in [0.717, 1.165) is 11.7 Å². The molecule has 0 rings (SSSR count). The summed E-state index contributed by atoms with van der Waals surface area (Å²) < 4.78 is 0. The summed E-state index contributed by atoms with van der Waals surface area (Å²) in [5.41, 5.74) is 0. The third kappa shape index (κ3) is 6.23. The van der Waals surface area contributed by atoms with E-state index in [-0.39, 0.29) is 0 Å². The van der Waals surface area contributed by atoms with Crippen molar-refractivity contribution in [3.8, 4) is 0 Å². The van der Waals surface area contributed by atoms with Crippen LogP contribution < -0.4 is 0 Å². The van der Waals surface area contributed by atoms with Crippen molar-refractivity contribution in [2.75, 3.05) is 5.75 Å². The molecule has 9 heavy (non-hydrogen) atoms. The molecule has 0 spiro atoms. The van der Waals surface area contributed by atoms with Crippen LogP contribution in [0.4, 0.5) is 0 Å². The third-order valence-electron chi connectivity index (χ3n) is 1.58. The summed E-state index contributed by atoms with van der Waals surface area (Å²) in [5, 5.41) is 0. The highest BCUT2D eigenvalue weighted by molar-refractivity contribution is 7.80. The van der Waals surface area contributed by atoms with Crippen LogP contribution in [-0.2, 0) is 0 Å². The van der Waals surface area contributed by atoms with Gasteiger partial charge in [0.2, 0.25) is 0 Å². The molecular formula is C8H17S. The Labute approximate surface area is 64.4 Å². The van der Waals surface area contributed by atoms with Crippen molar-refractivity contribution in [3.63, 3.8) is 0 Å². The molecule has 0 aromatic rings. The molecule has 0 aliphatic heterocycles. The highest BCUT2D eigenvalue weighted by Crippen LogP contribution is 2.09. The molecule has 0 fully saturated rings. The van der Waals surface area contributed by atoms with E-state index in [1.807, 2.05) is 0 Å². The molecule has 0 nitrogen and oxygen atoms in total. The van der Waals surface area contributed by atoms with Gasteiger partial charge in [-0.3, -0.25) is 0 Å². The average molecular weight is 145 g/mol. The summed E-state index contributed by atoms with van der Waals surface area (Å²) in [6, 6.07) is 0. The maximum Gasteiger partial charge on any atom is 0.00626 e. The molecular weight excluding hydrogens is 128 g/mol. The van der Waals surface area contributed by atoms with Gasteiger partial charge in [0.15, 0.2) is 0 Å². The monoisotopic (exact) mass is 145 g/mol. The first-order valence-corrected chi connectivity index (χ1v) is 4.47. The van der Waals surface area contributed by atoms with Gasteiger partial charge < -0.3 is 0 Å². The Hall–Kier alpha value is 0.350. The van der Waals surface area contributed by atoms with E-state index >= 15 is 0 Å². The van der Waals surface area contributed by atoms with Crippen LogP contribution >= 0.6 is 12.6 Å². The Balaban J connectivity index is 2.88. The molecule has 1 radical (unpaired) electrons. The van der Waals surface area contributed by atoms with Gasteiger partial charge in [-0.2, -0.15) is 0 Å². The molecule has 0 saturated heterocycles. The van der Waals surface area contributed by atoms with Gasteiger partial charge in [0.05, 0.1) is 0 Å². The fraction of sp³-hybridized carbons (Fsp3) is 1.00. The Morgan fingerprint density at radius 2 is 2.00 bits per heavy atom. The molecule has 0 aliphatic carbocycles. The second-order valence-corrected chi connectivity index (χ2v) is 3.10. The zero-order chi connectivity index (χ0) is 7.11. The van der Waals surface area contributed by atoms with Crippen LogP contribution in [0.3, 0.4) is 0 Å². The molecule has 0 aliphatic rings. The van der Waals surface area contributed by atoms with Crippen LogP contribution in [0.15, 0.2) is 0 Å². The fourth-order valence-corrected chi connectivity index (χ4v) is 0.993. The highest BCUT2D eigenvalue weighted by Gasteiger charge is 1.96. The zero-order valence-electron chi connectivity index (χ0n) is 6.52. The highest BCUT2D eigenvalue weighted by atomic mass is 32.1. The molecule has 1 unspecified atom stereocenters. The van der Waals surface area contributed by atoms with Gasteiger partial charge in [-0.15, -0.1) is 0 Å². The summed E-state index contributed by atoms with van der Waals surface area (Å²) in [4.78, 5) is 0. The first kappa shape index (κ1) is 9.35. The van der Waals surface area contributed by atoms with Crippen LogP contribution in [0.25, 0.3) is 0 Å². The van der Waals surface area contributed by atoms with Crippen LogP contribution in [-0.4, -0.2) is 5.75 Å². The lowest BCUT2D eigenvalue weighted by Gasteiger charge is -2.04. The van der Waals surface area contributed by atoms with Gasteiger partial charge in [-0.05, 0) is 12.3 Å². The number of hydrogen-bond donors (Lipinski definition) is 0. The first-order chi connectivity index (χ1) is 4.31. The van der Waals surface area contributed by atoms with Crippen LogP contribution in [0.5, 0.6) is 0 Å². The first-order valence-electron chi connectivity index (χ1n) is 3.89. The molecule has 0 amide bonds. The van der Waals surface area contributed by atoms with Crippen molar-refractivity contribution in [2.24, 2.45) is 5.92 Å². The largest absolute Gasteiger partial charge is 0.0939 e. The molecule has 0 bridgehead atoms. The van der Waals surface area contributed by atoms with Gasteiger partial charge in [-0.25, -0.2) is 0 Å². The maximum absolute atomic E-state index is 4.92. The second-order valence-electron chi connectivity index (χ2n) is 2.77. The molecule has 1 heteroatoms. The van der Waals surface area contributed by atoms with Crippen molar-refractivity contribution < 1.29 is 0 Å². The van der Waals surface area contributed by atoms with Gasteiger partial charge in [-0.1, -0.05) is 45.7 Å². The normalized spacial score (nSPS) is 13.7. The summed E-state index contributed by atoms with van der Waals surface area (Å²) in [6.07, 6.45) is 5.40. The van der Waals surface area contributed by atoms with E-state index in [2.05, 4.69) is 13.8 Å². The van der Waals surface area contributed by atoms with Gasteiger partial charge in [0.1, 0.15) is 0 Å². The van der Waals surface area contributed by atoms with Crippen molar-refractivity contribution in [1.82, 2.24) is 0 Å². The van der Waals surface area contributed by atoms with E-state index in [1.54, 1.807) is 0 Å². The smallest absolute Gasteiger partial charge is 0.00626 e. The van der Waals surface area contributed by atoms with Crippen LogP contribution in [0, 0.1) is 5.92 Å². The fourth-order valence-electron chi connectivity index (χ4n) is 0.826. The minimum absolute atomic E-state index is 0.770. The molecule has 0 aromatic carbocycles. The van der Waals surface area contributed by atoms with Crippen LogP contribution in [0.2, 0.25) is 0 Å². The van der Waals surface area contributed by atoms with Gasteiger partial charge in [0, 0.05) is 5.75 Å².